The Morgan fingerprint density at radius 3 is 2.82 bits per heavy atom. The van der Waals surface area contributed by atoms with E-state index < -0.39 is 5.97 Å². The number of nitrogens with one attached hydrogen (secondary N) is 1. The molecule has 96 valence electrons. The number of carbonyl (C=O) groups is 1. The second kappa shape index (κ2) is 6.02. The molecule has 0 aliphatic heterocycles. The van der Waals surface area contributed by atoms with E-state index in [1.54, 1.807) is 0 Å². The summed E-state index contributed by atoms with van der Waals surface area (Å²) in [7, 11) is 0. The van der Waals surface area contributed by atoms with Crippen molar-refractivity contribution in [3.8, 4) is 6.07 Å². The first kappa shape index (κ1) is 14.0. The first-order valence-corrected chi connectivity index (χ1v) is 6.32. The maximum absolute atomic E-state index is 10.9. The molecule has 0 aromatic heterocycles. The highest BCUT2D eigenvalue weighted by molar-refractivity contribution is 5.70. The smallest absolute Gasteiger partial charge is 0.306 e. The van der Waals surface area contributed by atoms with Gasteiger partial charge in [-0.3, -0.25) is 4.79 Å². The summed E-state index contributed by atoms with van der Waals surface area (Å²) in [4.78, 5) is 10.9. The summed E-state index contributed by atoms with van der Waals surface area (Å²) in [6.45, 7) is 4.64. The van der Waals surface area contributed by atoms with Crippen molar-refractivity contribution in [2.24, 2.45) is 11.3 Å². The van der Waals surface area contributed by atoms with E-state index >= 15 is 0 Å². The molecule has 1 saturated carbocycles. The minimum atomic E-state index is -0.672. The monoisotopic (exact) mass is 238 g/mol. The minimum absolute atomic E-state index is 0.190. The van der Waals surface area contributed by atoms with Crippen LogP contribution in [0, 0.1) is 22.7 Å². The van der Waals surface area contributed by atoms with Crippen molar-refractivity contribution >= 4 is 5.97 Å². The van der Waals surface area contributed by atoms with E-state index in [4.69, 9.17) is 10.4 Å². The van der Waals surface area contributed by atoms with Crippen LogP contribution in [-0.4, -0.2) is 23.7 Å². The van der Waals surface area contributed by atoms with Crippen LogP contribution in [0.4, 0.5) is 0 Å². The molecule has 1 aliphatic rings. The summed E-state index contributed by atoms with van der Waals surface area (Å²) in [5.41, 5.74) is -0.298. The molecule has 0 aromatic carbocycles. The summed E-state index contributed by atoms with van der Waals surface area (Å²) in [6, 6.07) is 2.58. The van der Waals surface area contributed by atoms with Crippen molar-refractivity contribution in [3.63, 3.8) is 0 Å². The SMILES string of the molecule is CC(C)(C#N)CCNC1CCCC(C(=O)O)C1. The van der Waals surface area contributed by atoms with Crippen molar-refractivity contribution in [1.29, 1.82) is 5.26 Å². The highest BCUT2D eigenvalue weighted by atomic mass is 16.4. The number of nitrogens with zero attached hydrogens (tertiary/aromatic N) is 1. The third-order valence-electron chi connectivity index (χ3n) is 3.51. The lowest BCUT2D eigenvalue weighted by atomic mass is 9.85. The fourth-order valence-corrected chi connectivity index (χ4v) is 2.24. The number of carboxylic acid groups (broad SMARTS) is 1. The Balaban J connectivity index is 2.28. The molecule has 0 radical (unpaired) electrons. The van der Waals surface area contributed by atoms with E-state index in [9.17, 15) is 4.79 Å². The lowest BCUT2D eigenvalue weighted by Crippen LogP contribution is -2.37. The van der Waals surface area contributed by atoms with Gasteiger partial charge < -0.3 is 10.4 Å². The number of hydrogen-bond donors (Lipinski definition) is 2. The minimum Gasteiger partial charge on any atom is -0.481 e. The molecular formula is C13H22N2O2. The van der Waals surface area contributed by atoms with E-state index in [2.05, 4.69) is 11.4 Å². The zero-order chi connectivity index (χ0) is 12.9. The lowest BCUT2D eigenvalue weighted by Gasteiger charge is -2.28. The van der Waals surface area contributed by atoms with Crippen molar-refractivity contribution < 1.29 is 9.90 Å². The molecule has 0 bridgehead atoms. The molecule has 0 aromatic rings. The molecule has 0 amide bonds. The molecular weight excluding hydrogens is 216 g/mol. The van der Waals surface area contributed by atoms with Crippen LogP contribution < -0.4 is 5.32 Å². The standard InChI is InChI=1S/C13H22N2O2/c1-13(2,9-14)6-7-15-11-5-3-4-10(8-11)12(16)17/h10-11,15H,3-8H2,1-2H3,(H,16,17). The molecule has 1 rings (SSSR count). The van der Waals surface area contributed by atoms with Gasteiger partial charge in [0.1, 0.15) is 0 Å². The topological polar surface area (TPSA) is 73.1 Å². The first-order chi connectivity index (χ1) is 7.94. The number of carboxylic acids is 1. The predicted octanol–water partition coefficient (Wildman–Crippen LogP) is 2.16. The van der Waals surface area contributed by atoms with Gasteiger partial charge in [-0.15, -0.1) is 0 Å². The number of rotatable bonds is 5. The normalized spacial score (nSPS) is 25.2. The van der Waals surface area contributed by atoms with E-state index in [-0.39, 0.29) is 11.3 Å². The van der Waals surface area contributed by atoms with E-state index in [1.165, 1.54) is 0 Å². The van der Waals surface area contributed by atoms with Gasteiger partial charge in [0.2, 0.25) is 0 Å². The van der Waals surface area contributed by atoms with Crippen molar-refractivity contribution in [2.75, 3.05) is 6.54 Å². The summed E-state index contributed by atoms with van der Waals surface area (Å²) >= 11 is 0. The highest BCUT2D eigenvalue weighted by Gasteiger charge is 2.27. The van der Waals surface area contributed by atoms with Crippen LogP contribution in [0.25, 0.3) is 0 Å². The summed E-state index contributed by atoms with van der Waals surface area (Å²) in [6.07, 6.45) is 4.37. The average molecular weight is 238 g/mol. The summed E-state index contributed by atoms with van der Waals surface area (Å²) in [5, 5.41) is 21.3. The van der Waals surface area contributed by atoms with Crippen molar-refractivity contribution in [2.45, 2.75) is 52.0 Å². The molecule has 4 nitrogen and oxygen atoms in total. The number of hydrogen-bond acceptors (Lipinski definition) is 3. The number of nitriles is 1. The van der Waals surface area contributed by atoms with E-state index in [0.29, 0.717) is 6.04 Å². The highest BCUT2D eigenvalue weighted by Crippen LogP contribution is 2.25. The van der Waals surface area contributed by atoms with Crippen LogP contribution in [-0.2, 0) is 4.79 Å². The van der Waals surface area contributed by atoms with Crippen LogP contribution in [0.1, 0.15) is 46.0 Å². The Labute approximate surface area is 103 Å². The Bertz CT molecular complexity index is 307. The van der Waals surface area contributed by atoms with E-state index in [0.717, 1.165) is 38.6 Å². The largest absolute Gasteiger partial charge is 0.481 e. The van der Waals surface area contributed by atoms with Crippen LogP contribution in [0.5, 0.6) is 0 Å². The maximum atomic E-state index is 10.9. The van der Waals surface area contributed by atoms with Crippen LogP contribution in [0.2, 0.25) is 0 Å². The first-order valence-electron chi connectivity index (χ1n) is 6.32. The molecule has 4 heteroatoms. The van der Waals surface area contributed by atoms with E-state index in [1.807, 2.05) is 13.8 Å². The lowest BCUT2D eigenvalue weighted by molar-refractivity contribution is -0.143. The van der Waals surface area contributed by atoms with Gasteiger partial charge in [0, 0.05) is 6.04 Å². The van der Waals surface area contributed by atoms with Crippen LogP contribution >= 0.6 is 0 Å². The average Bonchev–Trinajstić information content (AvgIpc) is 2.29. The quantitative estimate of drug-likeness (QED) is 0.769. The summed E-state index contributed by atoms with van der Waals surface area (Å²) in [5.74, 6) is -0.862. The van der Waals surface area contributed by atoms with Gasteiger partial charge in [-0.25, -0.2) is 0 Å². The Kier molecular flexibility index (Phi) is 4.95. The van der Waals surface area contributed by atoms with Gasteiger partial charge in [0.15, 0.2) is 0 Å². The molecule has 0 heterocycles. The predicted molar refractivity (Wildman–Crippen MR) is 65.4 cm³/mol. The molecule has 0 saturated heterocycles. The maximum Gasteiger partial charge on any atom is 0.306 e. The van der Waals surface area contributed by atoms with Gasteiger partial charge >= 0.3 is 5.97 Å². The Morgan fingerprint density at radius 1 is 1.53 bits per heavy atom. The third kappa shape index (κ3) is 4.74. The van der Waals surface area contributed by atoms with Crippen molar-refractivity contribution in [3.05, 3.63) is 0 Å². The Hall–Kier alpha value is -1.08. The van der Waals surface area contributed by atoms with Gasteiger partial charge in [0.25, 0.3) is 0 Å². The van der Waals surface area contributed by atoms with Crippen LogP contribution in [0.3, 0.4) is 0 Å². The van der Waals surface area contributed by atoms with Crippen molar-refractivity contribution in [1.82, 2.24) is 5.32 Å². The second-order valence-electron chi connectivity index (χ2n) is 5.60. The molecule has 2 N–H and O–H groups in total. The fraction of sp³-hybridized carbons (Fsp3) is 0.846. The molecule has 1 fully saturated rings. The molecule has 2 atom stereocenters. The fourth-order valence-electron chi connectivity index (χ4n) is 2.24. The van der Waals surface area contributed by atoms with Gasteiger partial charge in [-0.2, -0.15) is 5.26 Å². The van der Waals surface area contributed by atoms with Gasteiger partial charge in [-0.05, 0) is 46.1 Å². The molecule has 17 heavy (non-hydrogen) atoms. The second-order valence-corrected chi connectivity index (χ2v) is 5.60. The molecule has 0 spiro atoms. The molecule has 1 aliphatic carbocycles. The van der Waals surface area contributed by atoms with Gasteiger partial charge in [0.05, 0.1) is 17.4 Å². The number of aliphatic carboxylic acids is 1. The summed E-state index contributed by atoms with van der Waals surface area (Å²) < 4.78 is 0. The zero-order valence-corrected chi connectivity index (χ0v) is 10.7. The molecule has 2 unspecified atom stereocenters. The zero-order valence-electron chi connectivity index (χ0n) is 10.7. The van der Waals surface area contributed by atoms with Gasteiger partial charge in [-0.1, -0.05) is 6.42 Å². The third-order valence-corrected chi connectivity index (χ3v) is 3.51. The Morgan fingerprint density at radius 2 is 2.24 bits per heavy atom. The van der Waals surface area contributed by atoms with Crippen LogP contribution in [0.15, 0.2) is 0 Å².